The Morgan fingerprint density at radius 3 is 2.42 bits per heavy atom. The number of nitrogens with one attached hydrogen (secondary N) is 2. The summed E-state index contributed by atoms with van der Waals surface area (Å²) in [5.41, 5.74) is 2.31. The number of carbonyl (C=O) groups is 1. The molecule has 31 heavy (non-hydrogen) atoms. The molecule has 1 aliphatic heterocycles. The Balaban J connectivity index is 0.00000341. The highest BCUT2D eigenvalue weighted by Gasteiger charge is 2.25. The molecule has 3 rings (SSSR count). The van der Waals surface area contributed by atoms with Crippen LogP contribution in [0, 0.1) is 5.92 Å². The van der Waals surface area contributed by atoms with E-state index in [9.17, 15) is 4.79 Å². The fourth-order valence-corrected chi connectivity index (χ4v) is 3.58. The van der Waals surface area contributed by atoms with Crippen molar-refractivity contribution >= 4 is 35.8 Å². The summed E-state index contributed by atoms with van der Waals surface area (Å²) in [5.74, 6) is 1.40. The number of rotatable bonds is 9. The Labute approximate surface area is 202 Å². The number of carbonyl (C=O) groups excluding carboxylic acids is 1. The molecule has 1 amide bonds. The predicted molar refractivity (Wildman–Crippen MR) is 135 cm³/mol. The van der Waals surface area contributed by atoms with Crippen LogP contribution in [0.2, 0.25) is 0 Å². The van der Waals surface area contributed by atoms with E-state index in [1.165, 1.54) is 5.56 Å². The molecular weight excluding hydrogens is 503 g/mol. The first-order valence-electron chi connectivity index (χ1n) is 10.6. The molecule has 0 aromatic heterocycles. The summed E-state index contributed by atoms with van der Waals surface area (Å²) < 4.78 is 5.90. The average Bonchev–Trinajstić information content (AvgIpc) is 3.25. The summed E-state index contributed by atoms with van der Waals surface area (Å²) in [6, 6.07) is 20.2. The molecule has 2 N–H and O–H groups in total. The molecule has 1 fully saturated rings. The second kappa shape index (κ2) is 14.0. The minimum absolute atomic E-state index is 0. The van der Waals surface area contributed by atoms with Gasteiger partial charge in [-0.1, -0.05) is 60.7 Å². The van der Waals surface area contributed by atoms with Crippen molar-refractivity contribution in [3.8, 4) is 0 Å². The lowest BCUT2D eigenvalue weighted by Crippen LogP contribution is -2.41. The lowest BCUT2D eigenvalue weighted by atomic mass is 10.1. The van der Waals surface area contributed by atoms with Crippen LogP contribution in [-0.2, 0) is 22.7 Å². The van der Waals surface area contributed by atoms with E-state index in [0.29, 0.717) is 32.0 Å². The number of hydrogen-bond donors (Lipinski definition) is 2. The minimum Gasteiger partial charge on any atom is -0.376 e. The molecule has 2 aromatic rings. The van der Waals surface area contributed by atoms with Crippen molar-refractivity contribution < 1.29 is 9.53 Å². The van der Waals surface area contributed by atoms with Crippen LogP contribution in [-0.4, -0.2) is 50.1 Å². The van der Waals surface area contributed by atoms with E-state index < -0.39 is 0 Å². The summed E-state index contributed by atoms with van der Waals surface area (Å²) >= 11 is 0. The Morgan fingerprint density at radius 1 is 1.06 bits per heavy atom. The highest BCUT2D eigenvalue weighted by Crippen LogP contribution is 2.17. The van der Waals surface area contributed by atoms with Crippen LogP contribution < -0.4 is 10.6 Å². The second-order valence-corrected chi connectivity index (χ2v) is 7.59. The highest BCUT2D eigenvalue weighted by molar-refractivity contribution is 14.0. The van der Waals surface area contributed by atoms with Gasteiger partial charge in [-0.2, -0.15) is 0 Å². The average molecular weight is 536 g/mol. The van der Waals surface area contributed by atoms with E-state index in [4.69, 9.17) is 4.74 Å². The van der Waals surface area contributed by atoms with Crippen molar-refractivity contribution in [1.29, 1.82) is 0 Å². The van der Waals surface area contributed by atoms with Crippen molar-refractivity contribution in [2.45, 2.75) is 26.0 Å². The number of aliphatic imine (C=N–C) groups is 1. The zero-order valence-corrected chi connectivity index (χ0v) is 20.5. The number of amides is 1. The third kappa shape index (κ3) is 8.86. The van der Waals surface area contributed by atoms with E-state index in [0.717, 1.165) is 37.6 Å². The molecule has 1 unspecified atom stereocenters. The van der Waals surface area contributed by atoms with Gasteiger partial charge in [0.15, 0.2) is 5.96 Å². The van der Waals surface area contributed by atoms with Gasteiger partial charge in [0.05, 0.1) is 13.2 Å². The number of likely N-dealkylation sites (tertiary alicyclic amines) is 1. The smallest absolute Gasteiger partial charge is 0.222 e. The van der Waals surface area contributed by atoms with Gasteiger partial charge in [0.25, 0.3) is 0 Å². The van der Waals surface area contributed by atoms with E-state index >= 15 is 0 Å². The summed E-state index contributed by atoms with van der Waals surface area (Å²) in [4.78, 5) is 18.7. The van der Waals surface area contributed by atoms with Gasteiger partial charge in [-0.3, -0.25) is 9.79 Å². The number of halogens is 1. The fourth-order valence-electron chi connectivity index (χ4n) is 3.58. The lowest BCUT2D eigenvalue weighted by molar-refractivity contribution is -0.121. The Hall–Kier alpha value is -2.13. The normalized spacial score (nSPS) is 16.0. The van der Waals surface area contributed by atoms with Crippen molar-refractivity contribution in [2.24, 2.45) is 10.9 Å². The van der Waals surface area contributed by atoms with Crippen molar-refractivity contribution in [1.82, 2.24) is 15.5 Å². The van der Waals surface area contributed by atoms with Crippen molar-refractivity contribution in [2.75, 3.05) is 33.3 Å². The third-order valence-electron chi connectivity index (χ3n) is 5.23. The van der Waals surface area contributed by atoms with Gasteiger partial charge < -0.3 is 20.3 Å². The molecular formula is C24H33IN4O2. The van der Waals surface area contributed by atoms with Crippen LogP contribution in [0.3, 0.4) is 0 Å². The van der Waals surface area contributed by atoms with Gasteiger partial charge >= 0.3 is 0 Å². The Bertz CT molecular complexity index is 802. The molecule has 1 aliphatic rings. The van der Waals surface area contributed by atoms with Gasteiger partial charge in [0.2, 0.25) is 5.91 Å². The Kier molecular flexibility index (Phi) is 11.4. The molecule has 1 heterocycles. The van der Waals surface area contributed by atoms with E-state index in [-0.39, 0.29) is 29.9 Å². The molecule has 7 heteroatoms. The first kappa shape index (κ1) is 25.1. The van der Waals surface area contributed by atoms with Crippen LogP contribution >= 0.6 is 24.0 Å². The summed E-state index contributed by atoms with van der Waals surface area (Å²) in [6.07, 6.45) is 1.51. The summed E-state index contributed by atoms with van der Waals surface area (Å²) in [7, 11) is 1.79. The maximum atomic E-state index is 12.1. The quantitative estimate of drug-likeness (QED) is 0.293. The summed E-state index contributed by atoms with van der Waals surface area (Å²) in [6.45, 7) is 4.42. The number of benzene rings is 2. The van der Waals surface area contributed by atoms with Crippen LogP contribution in [0.15, 0.2) is 65.7 Å². The van der Waals surface area contributed by atoms with Crippen LogP contribution in [0.5, 0.6) is 0 Å². The molecule has 0 radical (unpaired) electrons. The first-order chi connectivity index (χ1) is 14.7. The SMILES string of the molecule is CN=C(NCCC(=O)NCc1ccccc1)N1CCC(COCc2ccccc2)C1.I. The molecule has 1 atom stereocenters. The standard InChI is InChI=1S/C24H32N4O2.HI/c1-25-24(26-14-12-23(29)27-16-20-8-4-2-5-9-20)28-15-13-22(17-28)19-30-18-21-10-6-3-7-11-21;/h2-11,22H,12-19H2,1H3,(H,25,26)(H,27,29);1H. The number of guanidine groups is 1. The van der Waals surface area contributed by atoms with Gasteiger partial charge in [0, 0.05) is 45.6 Å². The summed E-state index contributed by atoms with van der Waals surface area (Å²) in [5, 5.41) is 6.27. The largest absolute Gasteiger partial charge is 0.376 e. The van der Waals surface area contributed by atoms with E-state index in [1.807, 2.05) is 48.5 Å². The minimum atomic E-state index is 0. The maximum Gasteiger partial charge on any atom is 0.222 e. The molecule has 0 aliphatic carbocycles. The molecule has 0 bridgehead atoms. The molecule has 168 valence electrons. The predicted octanol–water partition coefficient (Wildman–Crippen LogP) is 3.43. The van der Waals surface area contributed by atoms with Gasteiger partial charge in [-0.25, -0.2) is 0 Å². The zero-order valence-electron chi connectivity index (χ0n) is 18.1. The molecule has 2 aromatic carbocycles. The van der Waals surface area contributed by atoms with E-state index in [2.05, 4.69) is 32.7 Å². The monoisotopic (exact) mass is 536 g/mol. The van der Waals surface area contributed by atoms with Crippen LogP contribution in [0.1, 0.15) is 24.0 Å². The fraction of sp³-hybridized carbons (Fsp3) is 0.417. The number of nitrogens with zero attached hydrogens (tertiary/aromatic N) is 2. The second-order valence-electron chi connectivity index (χ2n) is 7.59. The molecule has 6 nitrogen and oxygen atoms in total. The highest BCUT2D eigenvalue weighted by atomic mass is 127. The molecule has 0 saturated carbocycles. The van der Waals surface area contributed by atoms with Gasteiger partial charge in [0.1, 0.15) is 0 Å². The van der Waals surface area contributed by atoms with Gasteiger partial charge in [-0.05, 0) is 17.5 Å². The van der Waals surface area contributed by atoms with Gasteiger partial charge in [-0.15, -0.1) is 24.0 Å². The lowest BCUT2D eigenvalue weighted by Gasteiger charge is -2.21. The van der Waals surface area contributed by atoms with Crippen LogP contribution in [0.25, 0.3) is 0 Å². The topological polar surface area (TPSA) is 66.0 Å². The zero-order chi connectivity index (χ0) is 21.0. The van der Waals surface area contributed by atoms with Crippen molar-refractivity contribution in [3.05, 3.63) is 71.8 Å². The molecule has 0 spiro atoms. The Morgan fingerprint density at radius 2 is 1.74 bits per heavy atom. The third-order valence-corrected chi connectivity index (χ3v) is 5.23. The number of hydrogen-bond acceptors (Lipinski definition) is 3. The number of ether oxygens (including phenoxy) is 1. The molecule has 1 saturated heterocycles. The first-order valence-corrected chi connectivity index (χ1v) is 10.6. The van der Waals surface area contributed by atoms with Crippen molar-refractivity contribution in [3.63, 3.8) is 0 Å². The van der Waals surface area contributed by atoms with E-state index in [1.54, 1.807) is 7.05 Å². The maximum absolute atomic E-state index is 12.1. The van der Waals surface area contributed by atoms with Crippen LogP contribution in [0.4, 0.5) is 0 Å².